The number of carbonyl (C=O) groups excluding carboxylic acids is 1. The van der Waals surface area contributed by atoms with Crippen molar-refractivity contribution in [3.8, 4) is 0 Å². The van der Waals surface area contributed by atoms with Crippen LogP contribution in [0, 0.1) is 5.41 Å². The molecule has 0 fully saturated rings. The summed E-state index contributed by atoms with van der Waals surface area (Å²) in [5.41, 5.74) is -1.22. The first-order chi connectivity index (χ1) is 7.39. The second-order valence-corrected chi connectivity index (χ2v) is 6.12. The first kappa shape index (κ1) is 15.7. The zero-order valence-corrected chi connectivity index (χ0v) is 11.9. The van der Waals surface area contributed by atoms with E-state index in [1.165, 1.54) is 25.8 Å². The molecule has 5 nitrogen and oxygen atoms in total. The molecule has 0 aliphatic heterocycles. The third-order valence-electron chi connectivity index (χ3n) is 2.69. The number of urea groups is 1. The normalized spacial score (nSPS) is 12.2. The highest BCUT2D eigenvalue weighted by molar-refractivity contribution is 5.85. The summed E-state index contributed by atoms with van der Waals surface area (Å²) in [7, 11) is 3.19. The number of carboxylic acid groups (broad SMARTS) is 1. The van der Waals surface area contributed by atoms with E-state index in [4.69, 9.17) is 5.11 Å². The van der Waals surface area contributed by atoms with Crippen LogP contribution in [0.3, 0.4) is 0 Å². The van der Waals surface area contributed by atoms with Crippen molar-refractivity contribution >= 4 is 12.0 Å². The van der Waals surface area contributed by atoms with Gasteiger partial charge in [-0.1, -0.05) is 20.8 Å². The summed E-state index contributed by atoms with van der Waals surface area (Å²) in [4.78, 5) is 25.9. The fourth-order valence-corrected chi connectivity index (χ4v) is 1.42. The number of hydrogen-bond acceptors (Lipinski definition) is 2. The fraction of sp³-hybridized carbons (Fsp3) is 0.833. The molecule has 0 aliphatic rings. The third-order valence-corrected chi connectivity index (χ3v) is 2.69. The molecule has 17 heavy (non-hydrogen) atoms. The molecule has 0 heterocycles. The van der Waals surface area contributed by atoms with E-state index >= 15 is 0 Å². The predicted octanol–water partition coefficient (Wildman–Crippen LogP) is 1.88. The molecule has 100 valence electrons. The van der Waals surface area contributed by atoms with E-state index in [2.05, 4.69) is 0 Å². The molecule has 0 aromatic carbocycles. The van der Waals surface area contributed by atoms with Gasteiger partial charge in [0.25, 0.3) is 0 Å². The SMILES string of the molecule is CN(CC(C)(C)C)C(=O)N(C)C(C)(C)C(=O)O. The molecule has 0 unspecified atom stereocenters. The van der Waals surface area contributed by atoms with Crippen molar-refractivity contribution in [2.75, 3.05) is 20.6 Å². The van der Waals surface area contributed by atoms with Crippen LogP contribution in [0.5, 0.6) is 0 Å². The van der Waals surface area contributed by atoms with Crippen molar-refractivity contribution in [1.29, 1.82) is 0 Å². The van der Waals surface area contributed by atoms with Gasteiger partial charge in [0.2, 0.25) is 0 Å². The number of aliphatic carboxylic acids is 1. The van der Waals surface area contributed by atoms with Crippen LogP contribution in [0.2, 0.25) is 0 Å². The number of carbonyl (C=O) groups is 2. The van der Waals surface area contributed by atoms with Gasteiger partial charge in [0.1, 0.15) is 5.54 Å². The highest BCUT2D eigenvalue weighted by Gasteiger charge is 2.36. The molecule has 0 aromatic heterocycles. The molecule has 1 N–H and O–H groups in total. The standard InChI is InChI=1S/C12H24N2O3/c1-11(2,3)8-13(6)10(17)14(7)12(4,5)9(15)16/h8H2,1-7H3,(H,15,16). The molecule has 0 spiro atoms. The zero-order chi connectivity index (χ0) is 14.0. The predicted molar refractivity (Wildman–Crippen MR) is 67.0 cm³/mol. The smallest absolute Gasteiger partial charge is 0.329 e. The Morgan fingerprint density at radius 3 is 1.76 bits per heavy atom. The van der Waals surface area contributed by atoms with E-state index in [9.17, 15) is 9.59 Å². The van der Waals surface area contributed by atoms with Crippen LogP contribution in [-0.4, -0.2) is 53.1 Å². The number of rotatable bonds is 3. The van der Waals surface area contributed by atoms with Gasteiger partial charge in [0, 0.05) is 20.6 Å². The lowest BCUT2D eigenvalue weighted by Crippen LogP contribution is -2.55. The maximum absolute atomic E-state index is 12.1. The van der Waals surface area contributed by atoms with E-state index in [0.717, 1.165) is 0 Å². The molecule has 0 aromatic rings. The Hall–Kier alpha value is -1.26. The summed E-state index contributed by atoms with van der Waals surface area (Å²) in [6, 6.07) is -0.285. The molecule has 0 saturated carbocycles. The van der Waals surface area contributed by atoms with Gasteiger partial charge in [0.15, 0.2) is 0 Å². The van der Waals surface area contributed by atoms with E-state index < -0.39 is 11.5 Å². The monoisotopic (exact) mass is 244 g/mol. The quantitative estimate of drug-likeness (QED) is 0.824. The largest absolute Gasteiger partial charge is 0.480 e. The second-order valence-electron chi connectivity index (χ2n) is 6.12. The first-order valence-corrected chi connectivity index (χ1v) is 5.62. The molecule has 2 amide bonds. The van der Waals surface area contributed by atoms with Gasteiger partial charge < -0.3 is 14.9 Å². The molecule has 0 radical (unpaired) electrons. The molecule has 0 aliphatic carbocycles. The summed E-state index contributed by atoms with van der Waals surface area (Å²) in [6.07, 6.45) is 0. The van der Waals surface area contributed by atoms with Crippen LogP contribution in [0.25, 0.3) is 0 Å². The van der Waals surface area contributed by atoms with Gasteiger partial charge in [-0.2, -0.15) is 0 Å². The van der Waals surface area contributed by atoms with Crippen molar-refractivity contribution in [2.24, 2.45) is 5.41 Å². The van der Waals surface area contributed by atoms with E-state index in [1.54, 1.807) is 11.9 Å². The molecule has 0 atom stereocenters. The summed E-state index contributed by atoms with van der Waals surface area (Å²) in [6.45, 7) is 9.68. The lowest BCUT2D eigenvalue weighted by Gasteiger charge is -2.36. The van der Waals surface area contributed by atoms with Crippen molar-refractivity contribution in [3.05, 3.63) is 0 Å². The Morgan fingerprint density at radius 2 is 1.47 bits per heavy atom. The van der Waals surface area contributed by atoms with Crippen molar-refractivity contribution in [2.45, 2.75) is 40.2 Å². The van der Waals surface area contributed by atoms with Gasteiger partial charge in [0.05, 0.1) is 0 Å². The topological polar surface area (TPSA) is 60.9 Å². The van der Waals surface area contributed by atoms with E-state index in [1.807, 2.05) is 20.8 Å². The highest BCUT2D eigenvalue weighted by Crippen LogP contribution is 2.18. The molecular weight excluding hydrogens is 220 g/mol. The number of likely N-dealkylation sites (N-methyl/N-ethyl adjacent to an activating group) is 1. The van der Waals surface area contributed by atoms with Crippen LogP contribution >= 0.6 is 0 Å². The van der Waals surface area contributed by atoms with Crippen molar-refractivity contribution < 1.29 is 14.7 Å². The van der Waals surface area contributed by atoms with Gasteiger partial charge in [-0.3, -0.25) is 0 Å². The minimum absolute atomic E-state index is 0.0153. The highest BCUT2D eigenvalue weighted by atomic mass is 16.4. The molecular formula is C12H24N2O3. The van der Waals surface area contributed by atoms with Crippen LogP contribution in [0.1, 0.15) is 34.6 Å². The number of hydrogen-bond donors (Lipinski definition) is 1. The van der Waals surface area contributed by atoms with Crippen LogP contribution in [0.4, 0.5) is 4.79 Å². The van der Waals surface area contributed by atoms with E-state index in [0.29, 0.717) is 6.54 Å². The summed E-state index contributed by atoms with van der Waals surface area (Å²) in [5, 5.41) is 9.06. The average molecular weight is 244 g/mol. The Labute approximate surface area is 103 Å². The molecule has 5 heteroatoms. The van der Waals surface area contributed by atoms with Crippen LogP contribution in [-0.2, 0) is 4.79 Å². The first-order valence-electron chi connectivity index (χ1n) is 5.62. The van der Waals surface area contributed by atoms with Gasteiger partial charge in [-0.25, -0.2) is 9.59 Å². The maximum Gasteiger partial charge on any atom is 0.329 e. The Morgan fingerprint density at radius 1 is 1.06 bits per heavy atom. The lowest BCUT2D eigenvalue weighted by molar-refractivity contribution is -0.147. The Bertz CT molecular complexity index is 305. The zero-order valence-electron chi connectivity index (χ0n) is 11.9. The van der Waals surface area contributed by atoms with Crippen LogP contribution in [0.15, 0.2) is 0 Å². The lowest BCUT2D eigenvalue weighted by atomic mass is 9.96. The van der Waals surface area contributed by atoms with Gasteiger partial charge in [-0.15, -0.1) is 0 Å². The molecule has 0 rings (SSSR count). The minimum Gasteiger partial charge on any atom is -0.480 e. The summed E-state index contributed by atoms with van der Waals surface area (Å²) >= 11 is 0. The summed E-state index contributed by atoms with van der Waals surface area (Å²) < 4.78 is 0. The number of carboxylic acids is 1. The average Bonchev–Trinajstić information content (AvgIpc) is 2.12. The van der Waals surface area contributed by atoms with Crippen LogP contribution < -0.4 is 0 Å². The fourth-order valence-electron chi connectivity index (χ4n) is 1.42. The van der Waals surface area contributed by atoms with E-state index in [-0.39, 0.29) is 11.4 Å². The molecule has 0 saturated heterocycles. The Kier molecular flexibility index (Phi) is 4.57. The number of amides is 2. The van der Waals surface area contributed by atoms with Crippen molar-refractivity contribution in [3.63, 3.8) is 0 Å². The maximum atomic E-state index is 12.1. The van der Waals surface area contributed by atoms with Gasteiger partial charge in [-0.05, 0) is 19.3 Å². The summed E-state index contributed by atoms with van der Waals surface area (Å²) in [5.74, 6) is -1.02. The van der Waals surface area contributed by atoms with Crippen molar-refractivity contribution in [1.82, 2.24) is 9.80 Å². The van der Waals surface area contributed by atoms with Gasteiger partial charge >= 0.3 is 12.0 Å². The Balaban J connectivity index is 4.78. The minimum atomic E-state index is -1.21. The number of nitrogens with zero attached hydrogens (tertiary/aromatic N) is 2. The second kappa shape index (κ2) is 4.94. The molecule has 0 bridgehead atoms. The third kappa shape index (κ3) is 4.24.